The molecule has 0 aromatic heterocycles. The van der Waals surface area contributed by atoms with Crippen LogP contribution in [-0.2, 0) is 0 Å². The molecule has 1 rings (SSSR count). The van der Waals surface area contributed by atoms with Gasteiger partial charge in [-0.2, -0.15) is 4.89 Å². The fourth-order valence-electron chi connectivity index (χ4n) is 0.526. The van der Waals surface area contributed by atoms with E-state index in [1.807, 2.05) is 0 Å². The van der Waals surface area contributed by atoms with Crippen LogP contribution in [0.1, 0.15) is 19.3 Å². The highest BCUT2D eigenvalue weighted by Crippen LogP contribution is 2.23. The van der Waals surface area contributed by atoms with Crippen LogP contribution in [0.3, 0.4) is 0 Å². The highest BCUT2D eigenvalue weighted by Gasteiger charge is 2.17. The predicted octanol–water partition coefficient (Wildman–Crippen LogP) is 0.00720. The minimum absolute atomic E-state index is 0.843. The molecule has 0 spiro atoms. The molecule has 1 unspecified atom stereocenters. The second kappa shape index (κ2) is 1.91. The monoisotopic (exact) mass is 118 g/mol. The Kier molecular flexibility index (Phi) is 1.43. The molecular formula is C4H7O2P. The van der Waals surface area contributed by atoms with Crippen molar-refractivity contribution in [1.82, 2.24) is 0 Å². The van der Waals surface area contributed by atoms with Gasteiger partial charge in [-0.3, -0.25) is 0 Å². The Morgan fingerprint density at radius 2 is 2.14 bits per heavy atom. The Bertz CT molecular complexity index is 98.3. The zero-order chi connectivity index (χ0) is 5.28. The van der Waals surface area contributed by atoms with Crippen molar-refractivity contribution < 1.29 is 9.79 Å². The molecule has 0 aromatic carbocycles. The molecule has 1 aliphatic carbocycles. The van der Waals surface area contributed by atoms with Crippen LogP contribution in [0.5, 0.6) is 0 Å². The van der Waals surface area contributed by atoms with Gasteiger partial charge in [-0.1, -0.05) is 0 Å². The van der Waals surface area contributed by atoms with Crippen molar-refractivity contribution in [3.05, 3.63) is 0 Å². The third kappa shape index (κ3) is 1.00. The van der Waals surface area contributed by atoms with Crippen molar-refractivity contribution in [2.75, 3.05) is 0 Å². The van der Waals surface area contributed by atoms with E-state index in [2.05, 4.69) is 0 Å². The van der Waals surface area contributed by atoms with Crippen LogP contribution < -0.4 is 4.89 Å². The Morgan fingerprint density at radius 3 is 2.14 bits per heavy atom. The first-order valence-electron chi connectivity index (χ1n) is 2.31. The fraction of sp³-hybridized carbons (Fsp3) is 0.750. The van der Waals surface area contributed by atoms with Gasteiger partial charge in [0, 0.05) is 12.8 Å². The standard InChI is InChI=1S/C4H7O2P/c5-7(6)4-2-1-3-4/h1-3H2,(H,5,6). The molecule has 3 heteroatoms. The van der Waals surface area contributed by atoms with E-state index >= 15 is 0 Å². The Hall–Kier alpha value is 0.0900. The molecule has 0 bridgehead atoms. The van der Waals surface area contributed by atoms with Crippen molar-refractivity contribution in [3.8, 4) is 0 Å². The van der Waals surface area contributed by atoms with Gasteiger partial charge >= 0.3 is 0 Å². The van der Waals surface area contributed by atoms with E-state index in [0.717, 1.165) is 24.6 Å². The number of hydrogen-bond donors (Lipinski definition) is 1. The molecule has 1 saturated carbocycles. The van der Waals surface area contributed by atoms with Gasteiger partial charge in [-0.15, -0.1) is 0 Å². The van der Waals surface area contributed by atoms with Gasteiger partial charge in [0.05, 0.1) is 0 Å². The van der Waals surface area contributed by atoms with Gasteiger partial charge in [0.15, 0.2) is 0 Å². The minimum atomic E-state index is -1.91. The molecular weight excluding hydrogens is 111 g/mol. The lowest BCUT2D eigenvalue weighted by atomic mass is 10.0. The fourth-order valence-corrected chi connectivity index (χ4v) is 1.22. The summed E-state index contributed by atoms with van der Waals surface area (Å²) in [5, 5.41) is 0.843. The van der Waals surface area contributed by atoms with Gasteiger partial charge in [-0.05, 0) is 6.42 Å². The number of hydrogen-bond acceptors (Lipinski definition) is 2. The van der Waals surface area contributed by atoms with E-state index in [4.69, 9.17) is 4.89 Å². The first-order valence-corrected chi connectivity index (χ1v) is 3.53. The lowest BCUT2D eigenvalue weighted by Crippen LogP contribution is -2.11. The maximum atomic E-state index is 10.1. The van der Waals surface area contributed by atoms with E-state index in [1.165, 1.54) is 0 Å². The molecule has 1 aliphatic rings. The second-order valence-corrected chi connectivity index (χ2v) is 2.87. The molecule has 1 fully saturated rings. The Labute approximate surface area is 43.3 Å². The molecule has 0 radical (unpaired) electrons. The van der Waals surface area contributed by atoms with Crippen LogP contribution in [0.2, 0.25) is 0 Å². The van der Waals surface area contributed by atoms with Crippen molar-refractivity contribution >= 4 is 13.3 Å². The maximum absolute atomic E-state index is 10.1. The van der Waals surface area contributed by atoms with Gasteiger partial charge in [-0.25, -0.2) is 0 Å². The topological polar surface area (TPSA) is 43.3 Å². The molecule has 7 heavy (non-hydrogen) atoms. The van der Waals surface area contributed by atoms with E-state index in [0.29, 0.717) is 0 Å². The summed E-state index contributed by atoms with van der Waals surface area (Å²) < 4.78 is 0. The molecule has 0 amide bonds. The van der Waals surface area contributed by atoms with E-state index in [1.54, 1.807) is 0 Å². The molecule has 1 atom stereocenters. The molecule has 0 aromatic rings. The lowest BCUT2D eigenvalue weighted by Gasteiger charge is -2.09. The molecule has 0 saturated heterocycles. The summed E-state index contributed by atoms with van der Waals surface area (Å²) in [6, 6.07) is 0. The summed E-state index contributed by atoms with van der Waals surface area (Å²) in [6.07, 6.45) is 2.87. The molecule has 0 aliphatic heterocycles. The lowest BCUT2D eigenvalue weighted by molar-refractivity contribution is -0.167. The zero-order valence-corrected chi connectivity index (χ0v) is 4.82. The van der Waals surface area contributed by atoms with Gasteiger partial charge in [0.2, 0.25) is 8.00 Å². The first-order chi connectivity index (χ1) is 3.30. The predicted molar refractivity (Wildman–Crippen MR) is 28.0 cm³/mol. The summed E-state index contributed by atoms with van der Waals surface area (Å²) in [5.74, 6) is 0. The summed E-state index contributed by atoms with van der Waals surface area (Å²) in [7, 11) is -1.91. The summed E-state index contributed by atoms with van der Waals surface area (Å²) in [6.45, 7) is 0. The first kappa shape index (κ1) is 5.23. The van der Waals surface area contributed by atoms with Crippen molar-refractivity contribution in [3.63, 3.8) is 0 Å². The normalized spacial score (nSPS) is 21.4. The van der Waals surface area contributed by atoms with Crippen molar-refractivity contribution in [2.45, 2.75) is 19.3 Å². The van der Waals surface area contributed by atoms with E-state index in [9.17, 15) is 4.89 Å². The summed E-state index contributed by atoms with van der Waals surface area (Å²) in [4.78, 5) is 18.4. The second-order valence-electron chi connectivity index (χ2n) is 1.69. The third-order valence-electron chi connectivity index (χ3n) is 1.20. The van der Waals surface area contributed by atoms with Crippen LogP contribution >= 0.6 is 8.00 Å². The van der Waals surface area contributed by atoms with Gasteiger partial charge in [0.1, 0.15) is 5.29 Å². The maximum Gasteiger partial charge on any atom is 0.216 e. The van der Waals surface area contributed by atoms with Crippen LogP contribution in [0.15, 0.2) is 0 Å². The zero-order valence-electron chi connectivity index (χ0n) is 3.92. The Morgan fingerprint density at radius 1 is 1.57 bits per heavy atom. The average Bonchev–Trinajstić information content (AvgIpc) is 1.23. The van der Waals surface area contributed by atoms with Crippen molar-refractivity contribution in [2.24, 2.45) is 0 Å². The summed E-state index contributed by atoms with van der Waals surface area (Å²) in [5.41, 5.74) is 0. The summed E-state index contributed by atoms with van der Waals surface area (Å²) >= 11 is 0. The van der Waals surface area contributed by atoms with Crippen LogP contribution in [0, 0.1) is 0 Å². The molecule has 0 heterocycles. The van der Waals surface area contributed by atoms with Crippen LogP contribution in [-0.4, -0.2) is 10.2 Å². The average molecular weight is 118 g/mol. The molecule has 40 valence electrons. The van der Waals surface area contributed by atoms with Crippen LogP contribution in [0.25, 0.3) is 0 Å². The smallest absolute Gasteiger partial charge is 0.216 e. The molecule has 2 nitrogen and oxygen atoms in total. The largest absolute Gasteiger partial charge is 0.603 e. The Balaban J connectivity index is 2.52. The highest BCUT2D eigenvalue weighted by molar-refractivity contribution is 7.45. The van der Waals surface area contributed by atoms with E-state index in [-0.39, 0.29) is 0 Å². The van der Waals surface area contributed by atoms with Crippen molar-refractivity contribution in [1.29, 1.82) is 0 Å². The minimum Gasteiger partial charge on any atom is -0.603 e. The quantitative estimate of drug-likeness (QED) is 0.455. The third-order valence-corrected chi connectivity index (χ3v) is 2.19. The number of rotatable bonds is 0. The van der Waals surface area contributed by atoms with Gasteiger partial charge < -0.3 is 4.89 Å². The SMILES string of the molecule is [O-][P+](O)=C1CCC1. The van der Waals surface area contributed by atoms with Crippen LogP contribution in [0.4, 0.5) is 0 Å². The highest BCUT2D eigenvalue weighted by atomic mass is 31.1. The van der Waals surface area contributed by atoms with Gasteiger partial charge in [0.25, 0.3) is 0 Å². The van der Waals surface area contributed by atoms with E-state index < -0.39 is 8.00 Å². The molecule has 1 N–H and O–H groups in total.